The van der Waals surface area contributed by atoms with Crippen LogP contribution in [-0.4, -0.2) is 30.3 Å². The molecule has 0 saturated carbocycles. The standard InChI is InChI=1S/C20H19ClN2O2/c1-3-15-5-4-6-18(13-15)22-19(24)14-23(2)20(25)12-9-16-7-10-17(21)11-8-16/h1,4-8,10-11,13H,9,12,14H2,2H3,(H,22,24). The Hall–Kier alpha value is -2.77. The van der Waals surface area contributed by atoms with E-state index in [4.69, 9.17) is 18.0 Å². The predicted molar refractivity (Wildman–Crippen MR) is 100 cm³/mol. The Bertz CT molecular complexity index is 794. The summed E-state index contributed by atoms with van der Waals surface area (Å²) in [4.78, 5) is 25.6. The van der Waals surface area contributed by atoms with Gasteiger partial charge in [0, 0.05) is 29.7 Å². The molecule has 2 aromatic rings. The summed E-state index contributed by atoms with van der Waals surface area (Å²) < 4.78 is 0. The zero-order chi connectivity index (χ0) is 18.2. The zero-order valence-electron chi connectivity index (χ0n) is 14.0. The molecule has 128 valence electrons. The number of carbonyl (C=O) groups is 2. The van der Waals surface area contributed by atoms with Crippen molar-refractivity contribution in [3.05, 3.63) is 64.7 Å². The van der Waals surface area contributed by atoms with Gasteiger partial charge < -0.3 is 10.2 Å². The number of likely N-dealkylation sites (N-methyl/N-ethyl adjacent to an activating group) is 1. The van der Waals surface area contributed by atoms with Crippen molar-refractivity contribution in [1.82, 2.24) is 4.90 Å². The highest BCUT2D eigenvalue weighted by molar-refractivity contribution is 6.30. The molecule has 0 aliphatic carbocycles. The Morgan fingerprint density at radius 2 is 1.92 bits per heavy atom. The predicted octanol–water partition coefficient (Wildman–Crippen LogP) is 3.35. The minimum absolute atomic E-state index is 0.0142. The van der Waals surface area contributed by atoms with Crippen molar-refractivity contribution in [3.8, 4) is 12.3 Å². The van der Waals surface area contributed by atoms with Crippen LogP contribution in [0.25, 0.3) is 0 Å². The van der Waals surface area contributed by atoms with E-state index in [1.54, 1.807) is 43.4 Å². The number of terminal acetylenes is 1. The van der Waals surface area contributed by atoms with E-state index in [9.17, 15) is 9.59 Å². The molecule has 0 spiro atoms. The lowest BCUT2D eigenvalue weighted by Gasteiger charge is -2.17. The first-order chi connectivity index (χ1) is 12.0. The van der Waals surface area contributed by atoms with E-state index in [1.165, 1.54) is 4.90 Å². The number of carbonyl (C=O) groups excluding carboxylic acids is 2. The summed E-state index contributed by atoms with van der Waals surface area (Å²) in [7, 11) is 1.61. The number of hydrogen-bond donors (Lipinski definition) is 1. The molecule has 0 heterocycles. The second kappa shape index (κ2) is 8.91. The van der Waals surface area contributed by atoms with Crippen LogP contribution in [0, 0.1) is 12.3 Å². The highest BCUT2D eigenvalue weighted by Crippen LogP contribution is 2.12. The summed E-state index contributed by atoms with van der Waals surface area (Å²) in [6.45, 7) is -0.0142. The van der Waals surface area contributed by atoms with Crippen molar-refractivity contribution in [2.75, 3.05) is 18.9 Å². The van der Waals surface area contributed by atoms with Gasteiger partial charge in [0.25, 0.3) is 0 Å². The van der Waals surface area contributed by atoms with E-state index in [2.05, 4.69) is 11.2 Å². The molecule has 25 heavy (non-hydrogen) atoms. The minimum Gasteiger partial charge on any atom is -0.336 e. The van der Waals surface area contributed by atoms with Crippen LogP contribution in [0.2, 0.25) is 5.02 Å². The maximum atomic E-state index is 12.2. The average molecular weight is 355 g/mol. The van der Waals surface area contributed by atoms with Gasteiger partial charge in [0.15, 0.2) is 0 Å². The third-order valence-electron chi connectivity index (χ3n) is 3.66. The smallest absolute Gasteiger partial charge is 0.243 e. The fraction of sp³-hybridized carbons (Fsp3) is 0.200. The van der Waals surface area contributed by atoms with Gasteiger partial charge in [-0.2, -0.15) is 0 Å². The average Bonchev–Trinajstić information content (AvgIpc) is 2.61. The maximum Gasteiger partial charge on any atom is 0.243 e. The van der Waals surface area contributed by atoms with Crippen molar-refractivity contribution < 1.29 is 9.59 Å². The molecular weight excluding hydrogens is 336 g/mol. The summed E-state index contributed by atoms with van der Waals surface area (Å²) in [5, 5.41) is 3.40. The summed E-state index contributed by atoms with van der Waals surface area (Å²) >= 11 is 5.84. The number of nitrogens with one attached hydrogen (secondary N) is 1. The van der Waals surface area contributed by atoms with Crippen LogP contribution >= 0.6 is 11.6 Å². The van der Waals surface area contributed by atoms with Crippen LogP contribution in [0.4, 0.5) is 5.69 Å². The third kappa shape index (κ3) is 5.98. The Morgan fingerprint density at radius 3 is 2.60 bits per heavy atom. The number of aryl methyl sites for hydroxylation is 1. The van der Waals surface area contributed by atoms with Gasteiger partial charge in [-0.15, -0.1) is 6.42 Å². The molecule has 0 radical (unpaired) electrons. The summed E-state index contributed by atoms with van der Waals surface area (Å²) in [5.74, 6) is 2.15. The van der Waals surface area contributed by atoms with E-state index in [0.29, 0.717) is 29.1 Å². The Morgan fingerprint density at radius 1 is 1.20 bits per heavy atom. The van der Waals surface area contributed by atoms with E-state index in [0.717, 1.165) is 5.56 Å². The van der Waals surface area contributed by atoms with E-state index < -0.39 is 0 Å². The quantitative estimate of drug-likeness (QED) is 0.809. The van der Waals surface area contributed by atoms with Crippen LogP contribution in [0.5, 0.6) is 0 Å². The monoisotopic (exact) mass is 354 g/mol. The molecule has 5 heteroatoms. The van der Waals surface area contributed by atoms with E-state index in [1.807, 2.05) is 12.1 Å². The molecule has 0 aliphatic rings. The van der Waals surface area contributed by atoms with Crippen LogP contribution in [0.15, 0.2) is 48.5 Å². The van der Waals surface area contributed by atoms with Crippen molar-refractivity contribution >= 4 is 29.1 Å². The summed E-state index contributed by atoms with van der Waals surface area (Å²) in [6.07, 6.45) is 6.27. The second-order valence-corrected chi connectivity index (χ2v) is 6.09. The molecule has 0 unspecified atom stereocenters. The maximum absolute atomic E-state index is 12.2. The van der Waals surface area contributed by atoms with Gasteiger partial charge in [-0.05, 0) is 42.3 Å². The molecule has 0 fully saturated rings. The van der Waals surface area contributed by atoms with Gasteiger partial charge in [0.1, 0.15) is 0 Å². The highest BCUT2D eigenvalue weighted by Gasteiger charge is 2.13. The number of halogens is 1. The topological polar surface area (TPSA) is 49.4 Å². The number of hydrogen-bond acceptors (Lipinski definition) is 2. The van der Waals surface area contributed by atoms with Crippen molar-refractivity contribution in [2.24, 2.45) is 0 Å². The lowest BCUT2D eigenvalue weighted by atomic mass is 10.1. The molecule has 1 N–H and O–H groups in total. The number of amides is 2. The molecule has 0 aromatic heterocycles. The molecule has 0 saturated heterocycles. The van der Waals surface area contributed by atoms with Gasteiger partial charge in [0.2, 0.25) is 11.8 Å². The zero-order valence-corrected chi connectivity index (χ0v) is 14.7. The van der Waals surface area contributed by atoms with Crippen LogP contribution < -0.4 is 5.32 Å². The summed E-state index contributed by atoms with van der Waals surface area (Å²) in [6, 6.07) is 14.4. The van der Waals surface area contributed by atoms with Gasteiger partial charge in [-0.25, -0.2) is 0 Å². The Kier molecular flexibility index (Phi) is 6.62. The van der Waals surface area contributed by atoms with Gasteiger partial charge in [-0.3, -0.25) is 9.59 Å². The van der Waals surface area contributed by atoms with Gasteiger partial charge in [0.05, 0.1) is 6.54 Å². The number of rotatable bonds is 6. The molecule has 2 aromatic carbocycles. The Labute approximate surface area is 152 Å². The SMILES string of the molecule is C#Cc1cccc(NC(=O)CN(C)C(=O)CCc2ccc(Cl)cc2)c1. The first-order valence-corrected chi connectivity index (χ1v) is 8.20. The fourth-order valence-electron chi connectivity index (χ4n) is 2.28. The van der Waals surface area contributed by atoms with E-state index in [-0.39, 0.29) is 18.4 Å². The van der Waals surface area contributed by atoms with Crippen LogP contribution in [-0.2, 0) is 16.0 Å². The van der Waals surface area contributed by atoms with Crippen molar-refractivity contribution in [3.63, 3.8) is 0 Å². The lowest BCUT2D eigenvalue weighted by molar-refractivity contribution is -0.133. The van der Waals surface area contributed by atoms with Gasteiger partial charge >= 0.3 is 0 Å². The number of nitrogens with zero attached hydrogens (tertiary/aromatic N) is 1. The highest BCUT2D eigenvalue weighted by atomic mass is 35.5. The summed E-state index contributed by atoms with van der Waals surface area (Å²) in [5.41, 5.74) is 2.33. The number of benzene rings is 2. The Balaban J connectivity index is 1.82. The molecular formula is C20H19ClN2O2. The van der Waals surface area contributed by atoms with Gasteiger partial charge in [-0.1, -0.05) is 35.7 Å². The second-order valence-electron chi connectivity index (χ2n) is 5.65. The van der Waals surface area contributed by atoms with Crippen molar-refractivity contribution in [1.29, 1.82) is 0 Å². The van der Waals surface area contributed by atoms with E-state index >= 15 is 0 Å². The molecule has 2 rings (SSSR count). The minimum atomic E-state index is -0.267. The van der Waals surface area contributed by atoms with Crippen LogP contribution in [0.1, 0.15) is 17.5 Å². The third-order valence-corrected chi connectivity index (χ3v) is 3.91. The first-order valence-electron chi connectivity index (χ1n) is 7.83. The molecule has 0 bridgehead atoms. The molecule has 2 amide bonds. The molecule has 0 atom stereocenters. The molecule has 4 nitrogen and oxygen atoms in total. The largest absolute Gasteiger partial charge is 0.336 e. The first kappa shape index (κ1) is 18.6. The van der Waals surface area contributed by atoms with Crippen LogP contribution in [0.3, 0.4) is 0 Å². The number of anilines is 1. The fourth-order valence-corrected chi connectivity index (χ4v) is 2.41. The molecule has 0 aliphatic heterocycles. The normalized spacial score (nSPS) is 9.96. The lowest BCUT2D eigenvalue weighted by Crippen LogP contribution is -2.35. The van der Waals surface area contributed by atoms with Crippen molar-refractivity contribution in [2.45, 2.75) is 12.8 Å².